The van der Waals surface area contributed by atoms with E-state index < -0.39 is 0 Å². The van der Waals surface area contributed by atoms with Gasteiger partial charge in [-0.3, -0.25) is 0 Å². The molecule has 2 heteroatoms. The Bertz CT molecular complexity index is 505. The molecule has 4 saturated carbocycles. The molecule has 3 unspecified atom stereocenters. The van der Waals surface area contributed by atoms with E-state index in [-0.39, 0.29) is 0 Å². The summed E-state index contributed by atoms with van der Waals surface area (Å²) in [5.74, 6) is 1.80. The fourth-order valence-electron chi connectivity index (χ4n) is 6.01. The van der Waals surface area contributed by atoms with Crippen molar-refractivity contribution in [1.29, 1.82) is 0 Å². The lowest BCUT2D eigenvalue weighted by Crippen LogP contribution is -2.59. The monoisotopic (exact) mass is 289 g/mol. The summed E-state index contributed by atoms with van der Waals surface area (Å²) in [6, 6.07) is 9.00. The summed E-state index contributed by atoms with van der Waals surface area (Å²) >= 11 is 6.08. The molecule has 4 aliphatic rings. The molecule has 0 saturated heterocycles. The molecule has 20 heavy (non-hydrogen) atoms. The summed E-state index contributed by atoms with van der Waals surface area (Å²) in [6.07, 6.45) is 8.24. The largest absolute Gasteiger partial charge is 0.327 e. The molecule has 3 atom stereocenters. The van der Waals surface area contributed by atoms with Crippen LogP contribution in [0.5, 0.6) is 0 Å². The van der Waals surface area contributed by atoms with E-state index >= 15 is 0 Å². The molecule has 5 rings (SSSR count). The van der Waals surface area contributed by atoms with Crippen molar-refractivity contribution in [1.82, 2.24) is 0 Å². The van der Waals surface area contributed by atoms with Crippen LogP contribution in [0.15, 0.2) is 24.3 Å². The summed E-state index contributed by atoms with van der Waals surface area (Å²) in [7, 11) is 0. The van der Waals surface area contributed by atoms with E-state index in [0.717, 1.165) is 16.9 Å². The predicted molar refractivity (Wildman–Crippen MR) is 83.9 cm³/mol. The number of hydrogen-bond donors (Lipinski definition) is 1. The highest BCUT2D eigenvalue weighted by molar-refractivity contribution is 6.30. The zero-order valence-electron chi connectivity index (χ0n) is 12.2. The third-order valence-corrected chi connectivity index (χ3v) is 6.78. The first kappa shape index (κ1) is 13.2. The van der Waals surface area contributed by atoms with Gasteiger partial charge in [-0.25, -0.2) is 0 Å². The van der Waals surface area contributed by atoms with Crippen molar-refractivity contribution >= 4 is 11.6 Å². The molecule has 0 aromatic heterocycles. The molecule has 0 aliphatic heterocycles. The van der Waals surface area contributed by atoms with Gasteiger partial charge < -0.3 is 5.73 Å². The average Bonchev–Trinajstić information content (AvgIpc) is 2.37. The van der Waals surface area contributed by atoms with Gasteiger partial charge in [0.25, 0.3) is 0 Å². The Kier molecular flexibility index (Phi) is 2.79. The van der Waals surface area contributed by atoms with Gasteiger partial charge in [-0.15, -0.1) is 0 Å². The lowest BCUT2D eigenvalue weighted by atomic mass is 9.41. The molecule has 0 amide bonds. The van der Waals surface area contributed by atoms with E-state index in [1.54, 1.807) is 0 Å². The molecule has 4 aliphatic carbocycles. The van der Waals surface area contributed by atoms with Crippen LogP contribution in [0.2, 0.25) is 5.02 Å². The summed E-state index contributed by atoms with van der Waals surface area (Å²) in [5.41, 5.74) is 8.74. The summed E-state index contributed by atoms with van der Waals surface area (Å²) < 4.78 is 0. The fourth-order valence-corrected chi connectivity index (χ4v) is 6.13. The number of nitrogens with two attached hydrogens (primary N) is 1. The van der Waals surface area contributed by atoms with E-state index in [1.807, 2.05) is 0 Å². The van der Waals surface area contributed by atoms with Crippen molar-refractivity contribution in [3.8, 4) is 0 Å². The predicted octanol–water partition coefficient (Wildman–Crippen LogP) is 4.53. The Morgan fingerprint density at radius 1 is 1.10 bits per heavy atom. The second-order valence-corrected chi connectivity index (χ2v) is 8.34. The van der Waals surface area contributed by atoms with Gasteiger partial charge in [0.1, 0.15) is 0 Å². The van der Waals surface area contributed by atoms with Crippen LogP contribution in [0.3, 0.4) is 0 Å². The van der Waals surface area contributed by atoms with Crippen LogP contribution in [0.1, 0.15) is 51.0 Å². The highest BCUT2D eigenvalue weighted by Crippen LogP contribution is 2.66. The summed E-state index contributed by atoms with van der Waals surface area (Å²) in [4.78, 5) is 0. The first-order chi connectivity index (χ1) is 9.51. The molecule has 108 valence electrons. The molecule has 0 radical (unpaired) electrons. The SMILES string of the molecule is CC(N)C12CC3CC(CC(c4ccc(Cl)cc4)(C3)C1)C2. The smallest absolute Gasteiger partial charge is 0.0406 e. The molecule has 0 spiro atoms. The Labute approximate surface area is 126 Å². The lowest BCUT2D eigenvalue weighted by molar-refractivity contribution is -0.0821. The fraction of sp³-hybridized carbons (Fsp3) is 0.667. The molecule has 4 fully saturated rings. The number of halogens is 1. The molecule has 1 aromatic rings. The zero-order valence-corrected chi connectivity index (χ0v) is 13.0. The Morgan fingerprint density at radius 3 is 2.25 bits per heavy atom. The third kappa shape index (κ3) is 1.79. The van der Waals surface area contributed by atoms with Gasteiger partial charge in [0, 0.05) is 11.1 Å². The van der Waals surface area contributed by atoms with Crippen LogP contribution < -0.4 is 5.73 Å². The lowest BCUT2D eigenvalue weighted by Gasteiger charge is -2.63. The highest BCUT2D eigenvalue weighted by atomic mass is 35.5. The van der Waals surface area contributed by atoms with E-state index in [9.17, 15) is 0 Å². The van der Waals surface area contributed by atoms with Crippen molar-refractivity contribution in [2.45, 2.75) is 56.9 Å². The van der Waals surface area contributed by atoms with Gasteiger partial charge in [0.15, 0.2) is 0 Å². The number of rotatable bonds is 2. The normalized spacial score (nSPS) is 43.8. The van der Waals surface area contributed by atoms with Crippen LogP contribution in [-0.4, -0.2) is 6.04 Å². The minimum atomic E-state index is 0.333. The average molecular weight is 290 g/mol. The van der Waals surface area contributed by atoms with Crippen LogP contribution in [0, 0.1) is 17.3 Å². The molecule has 0 heterocycles. The minimum Gasteiger partial charge on any atom is -0.327 e. The van der Waals surface area contributed by atoms with Crippen LogP contribution in [0.25, 0.3) is 0 Å². The van der Waals surface area contributed by atoms with Crippen molar-refractivity contribution in [3.05, 3.63) is 34.9 Å². The number of benzene rings is 1. The van der Waals surface area contributed by atoms with Gasteiger partial charge in [0.2, 0.25) is 0 Å². The van der Waals surface area contributed by atoms with Gasteiger partial charge in [-0.1, -0.05) is 23.7 Å². The Morgan fingerprint density at radius 2 is 1.70 bits per heavy atom. The zero-order chi connectivity index (χ0) is 14.0. The maximum atomic E-state index is 6.43. The first-order valence-electron chi connectivity index (χ1n) is 8.03. The van der Waals surface area contributed by atoms with Gasteiger partial charge >= 0.3 is 0 Å². The Hall–Kier alpha value is -0.530. The van der Waals surface area contributed by atoms with E-state index in [4.69, 9.17) is 17.3 Å². The van der Waals surface area contributed by atoms with E-state index in [2.05, 4.69) is 31.2 Å². The topological polar surface area (TPSA) is 26.0 Å². The first-order valence-corrected chi connectivity index (χ1v) is 8.41. The minimum absolute atomic E-state index is 0.333. The third-order valence-electron chi connectivity index (χ3n) is 6.53. The van der Waals surface area contributed by atoms with Gasteiger partial charge in [0.05, 0.1) is 0 Å². The van der Waals surface area contributed by atoms with Crippen molar-refractivity contribution < 1.29 is 0 Å². The van der Waals surface area contributed by atoms with Gasteiger partial charge in [-0.2, -0.15) is 0 Å². The molecular weight excluding hydrogens is 266 g/mol. The van der Waals surface area contributed by atoms with Crippen molar-refractivity contribution in [2.24, 2.45) is 23.0 Å². The highest BCUT2D eigenvalue weighted by Gasteiger charge is 2.59. The quantitative estimate of drug-likeness (QED) is 0.851. The molecule has 1 aromatic carbocycles. The maximum absolute atomic E-state index is 6.43. The molecule has 2 N–H and O–H groups in total. The molecule has 4 bridgehead atoms. The second kappa shape index (κ2) is 4.24. The van der Waals surface area contributed by atoms with Crippen LogP contribution in [-0.2, 0) is 5.41 Å². The number of hydrogen-bond acceptors (Lipinski definition) is 1. The van der Waals surface area contributed by atoms with Crippen LogP contribution in [0.4, 0.5) is 0 Å². The summed E-state index contributed by atoms with van der Waals surface area (Å²) in [5, 5.41) is 0.848. The maximum Gasteiger partial charge on any atom is 0.0406 e. The standard InChI is InChI=1S/C18H24ClN/c1-12(20)17-7-13-6-14(8-17)10-18(9-13,11-17)15-2-4-16(19)5-3-15/h2-5,12-14H,6-11,20H2,1H3. The second-order valence-electron chi connectivity index (χ2n) is 7.90. The summed E-state index contributed by atoms with van der Waals surface area (Å²) in [6.45, 7) is 2.24. The van der Waals surface area contributed by atoms with E-state index in [0.29, 0.717) is 16.9 Å². The van der Waals surface area contributed by atoms with E-state index in [1.165, 1.54) is 44.1 Å². The van der Waals surface area contributed by atoms with Gasteiger partial charge in [-0.05, 0) is 85.8 Å². The van der Waals surface area contributed by atoms with Crippen molar-refractivity contribution in [2.75, 3.05) is 0 Å². The van der Waals surface area contributed by atoms with Crippen LogP contribution >= 0.6 is 11.6 Å². The van der Waals surface area contributed by atoms with Crippen molar-refractivity contribution in [3.63, 3.8) is 0 Å². The molecular formula is C18H24ClN. The molecule has 1 nitrogen and oxygen atoms in total. The Balaban J connectivity index is 1.77.